The van der Waals surface area contributed by atoms with Crippen LogP contribution in [0, 0.1) is 29.6 Å². The standard InChI is InChI=1S/C21H24F9IO2/c1-9(2)17(12-4-10-3-11(6-12)7-13(17)5-10)33-15(32)14(31)8-16(22)18(23,24)20(27,28)21(29,30)19(16,25)26/h9-14H,3-8H2,1-2H3. The van der Waals surface area contributed by atoms with Crippen LogP contribution in [-0.4, -0.2) is 44.9 Å². The largest absolute Gasteiger partial charge is 0.457 e. The van der Waals surface area contributed by atoms with Gasteiger partial charge in [-0.25, -0.2) is 4.39 Å². The Bertz CT molecular complexity index is 775. The van der Waals surface area contributed by atoms with E-state index in [9.17, 15) is 44.3 Å². The van der Waals surface area contributed by atoms with Gasteiger partial charge in [0.1, 0.15) is 9.53 Å². The van der Waals surface area contributed by atoms with Crippen LogP contribution in [0.4, 0.5) is 39.5 Å². The van der Waals surface area contributed by atoms with Crippen LogP contribution in [0.15, 0.2) is 0 Å². The molecule has 5 saturated carbocycles. The second-order valence-electron chi connectivity index (χ2n) is 10.5. The first-order chi connectivity index (χ1) is 14.9. The first-order valence-electron chi connectivity index (χ1n) is 10.9. The van der Waals surface area contributed by atoms with E-state index in [1.165, 1.54) is 0 Å². The quantitative estimate of drug-likeness (QED) is 0.148. The highest BCUT2D eigenvalue weighted by molar-refractivity contribution is 14.1. The van der Waals surface area contributed by atoms with Crippen LogP contribution in [0.5, 0.6) is 0 Å². The van der Waals surface area contributed by atoms with E-state index in [1.54, 1.807) is 13.8 Å². The zero-order valence-electron chi connectivity index (χ0n) is 17.8. The highest BCUT2D eigenvalue weighted by Crippen LogP contribution is 2.70. The lowest BCUT2D eigenvalue weighted by molar-refractivity contribution is -0.303. The van der Waals surface area contributed by atoms with Gasteiger partial charge in [0.15, 0.2) is 0 Å². The van der Waals surface area contributed by atoms with E-state index >= 15 is 0 Å². The Hall–Kier alpha value is -0.430. The van der Waals surface area contributed by atoms with Gasteiger partial charge in [-0.3, -0.25) is 4.79 Å². The molecule has 12 heteroatoms. The van der Waals surface area contributed by atoms with Gasteiger partial charge in [0.05, 0.1) is 0 Å². The minimum absolute atomic E-state index is 0.0522. The highest BCUT2D eigenvalue weighted by atomic mass is 127. The summed E-state index contributed by atoms with van der Waals surface area (Å²) in [4.78, 5) is 12.9. The second kappa shape index (κ2) is 7.30. The fourth-order valence-electron chi connectivity index (χ4n) is 7.06. The Morgan fingerprint density at radius 2 is 1.18 bits per heavy atom. The molecule has 0 aliphatic heterocycles. The van der Waals surface area contributed by atoms with Gasteiger partial charge in [0, 0.05) is 6.42 Å². The number of hydrogen-bond acceptors (Lipinski definition) is 2. The molecule has 0 radical (unpaired) electrons. The van der Waals surface area contributed by atoms with Crippen molar-refractivity contribution in [1.82, 2.24) is 0 Å². The van der Waals surface area contributed by atoms with E-state index in [0.717, 1.165) is 54.7 Å². The van der Waals surface area contributed by atoms with Crippen LogP contribution in [0.2, 0.25) is 0 Å². The maximum absolute atomic E-state index is 14.9. The van der Waals surface area contributed by atoms with Crippen LogP contribution in [-0.2, 0) is 9.53 Å². The molecular formula is C21H24F9IO2. The third-order valence-corrected chi connectivity index (χ3v) is 9.44. The van der Waals surface area contributed by atoms with Crippen LogP contribution in [0.3, 0.4) is 0 Å². The van der Waals surface area contributed by atoms with Crippen molar-refractivity contribution in [2.45, 2.75) is 91.3 Å². The lowest BCUT2D eigenvalue weighted by Crippen LogP contribution is -2.63. The average molecular weight is 606 g/mol. The van der Waals surface area contributed by atoms with Gasteiger partial charge in [-0.1, -0.05) is 36.4 Å². The normalized spacial score (nSPS) is 41.8. The maximum Gasteiger partial charge on any atom is 0.381 e. The molecular weight excluding hydrogens is 582 g/mol. The summed E-state index contributed by atoms with van der Waals surface area (Å²) >= 11 is 1.04. The molecule has 5 fully saturated rings. The molecule has 0 amide bonds. The zero-order chi connectivity index (χ0) is 25.0. The van der Waals surface area contributed by atoms with Crippen LogP contribution < -0.4 is 0 Å². The molecule has 0 aromatic heterocycles. The van der Waals surface area contributed by atoms with Crippen molar-refractivity contribution >= 4 is 28.6 Å². The van der Waals surface area contributed by atoms with Gasteiger partial charge in [-0.05, 0) is 61.7 Å². The third kappa shape index (κ3) is 2.96. The zero-order valence-corrected chi connectivity index (χ0v) is 20.0. The van der Waals surface area contributed by atoms with Crippen molar-refractivity contribution < 1.29 is 49.0 Å². The fourth-order valence-corrected chi connectivity index (χ4v) is 7.80. The van der Waals surface area contributed by atoms with Crippen molar-refractivity contribution in [3.8, 4) is 0 Å². The Balaban J connectivity index is 1.60. The molecule has 0 saturated heterocycles. The molecule has 190 valence electrons. The molecule has 1 atom stereocenters. The molecule has 0 aromatic carbocycles. The van der Waals surface area contributed by atoms with E-state index < -0.39 is 51.3 Å². The topological polar surface area (TPSA) is 26.3 Å². The summed E-state index contributed by atoms with van der Waals surface area (Å²) < 4.78 is 129. The molecule has 4 bridgehead atoms. The van der Waals surface area contributed by atoms with Crippen LogP contribution in [0.1, 0.15) is 52.4 Å². The van der Waals surface area contributed by atoms with Crippen molar-refractivity contribution in [2.24, 2.45) is 29.6 Å². The minimum atomic E-state index is -6.64. The molecule has 0 spiro atoms. The van der Waals surface area contributed by atoms with Crippen molar-refractivity contribution in [3.05, 3.63) is 0 Å². The summed E-state index contributed by atoms with van der Waals surface area (Å²) in [6.45, 7) is 3.60. The van der Waals surface area contributed by atoms with E-state index in [4.69, 9.17) is 4.74 Å². The van der Waals surface area contributed by atoms with Gasteiger partial charge in [-0.2, -0.15) is 35.1 Å². The Kier molecular flexibility index (Phi) is 5.68. The predicted molar refractivity (Wildman–Crippen MR) is 107 cm³/mol. The van der Waals surface area contributed by atoms with E-state index in [1.807, 2.05) is 0 Å². The number of esters is 1. The summed E-state index contributed by atoms with van der Waals surface area (Å²) in [6, 6.07) is 0. The van der Waals surface area contributed by atoms with E-state index in [0.29, 0.717) is 11.8 Å². The summed E-state index contributed by atoms with van der Waals surface area (Å²) in [5, 5.41) is 0. The fraction of sp³-hybridized carbons (Fsp3) is 0.952. The Morgan fingerprint density at radius 3 is 1.55 bits per heavy atom. The van der Waals surface area contributed by atoms with Gasteiger partial charge in [0.2, 0.25) is 0 Å². The van der Waals surface area contributed by atoms with Crippen molar-refractivity contribution in [2.75, 3.05) is 0 Å². The van der Waals surface area contributed by atoms with Crippen molar-refractivity contribution in [3.63, 3.8) is 0 Å². The lowest BCUT2D eigenvalue weighted by atomic mass is 9.47. The molecule has 5 rings (SSSR count). The highest BCUT2D eigenvalue weighted by Gasteiger charge is 3.00. The first kappa shape index (κ1) is 25.7. The maximum atomic E-state index is 14.9. The molecule has 5 aliphatic carbocycles. The summed E-state index contributed by atoms with van der Waals surface area (Å²) in [6.07, 6.45) is 1.91. The van der Waals surface area contributed by atoms with E-state index in [-0.39, 0.29) is 17.8 Å². The van der Waals surface area contributed by atoms with Crippen LogP contribution >= 0.6 is 22.6 Å². The summed E-state index contributed by atoms with van der Waals surface area (Å²) in [5.41, 5.74) is -6.67. The summed E-state index contributed by atoms with van der Waals surface area (Å²) in [5.74, 6) is -26.8. The SMILES string of the molecule is CC(C)C1(OC(=O)C(I)CC2(F)C(F)(F)C(F)(F)C(F)(F)C2(F)F)C2CC3CC(C2)CC1C3. The third-order valence-electron chi connectivity index (χ3n) is 8.49. The smallest absolute Gasteiger partial charge is 0.381 e. The predicted octanol–water partition coefficient (Wildman–Crippen LogP) is 6.84. The monoisotopic (exact) mass is 606 g/mol. The van der Waals surface area contributed by atoms with E-state index in [2.05, 4.69) is 0 Å². The molecule has 0 heterocycles. The molecule has 1 unspecified atom stereocenters. The molecule has 0 N–H and O–H groups in total. The molecule has 5 aliphatic rings. The van der Waals surface area contributed by atoms with Crippen LogP contribution in [0.25, 0.3) is 0 Å². The number of alkyl halides is 10. The van der Waals surface area contributed by atoms with Gasteiger partial charge in [-0.15, -0.1) is 0 Å². The number of hydrogen-bond donors (Lipinski definition) is 0. The summed E-state index contributed by atoms with van der Waals surface area (Å²) in [7, 11) is 0. The number of rotatable bonds is 5. The number of carbonyl (C=O) groups excluding carboxylic acids is 1. The second-order valence-corrected chi connectivity index (χ2v) is 12.0. The molecule has 0 aromatic rings. The van der Waals surface area contributed by atoms with Gasteiger partial charge >= 0.3 is 29.7 Å². The van der Waals surface area contributed by atoms with Crippen molar-refractivity contribution in [1.29, 1.82) is 0 Å². The van der Waals surface area contributed by atoms with Gasteiger partial charge < -0.3 is 4.74 Å². The molecule has 2 nitrogen and oxygen atoms in total. The Morgan fingerprint density at radius 1 is 0.788 bits per heavy atom. The average Bonchev–Trinajstić information content (AvgIpc) is 2.72. The van der Waals surface area contributed by atoms with Gasteiger partial charge in [0.25, 0.3) is 5.67 Å². The Labute approximate surface area is 198 Å². The number of carbonyl (C=O) groups is 1. The number of ether oxygens (including phenoxy) is 1. The number of halogens is 10. The first-order valence-corrected chi connectivity index (χ1v) is 12.2. The lowest BCUT2D eigenvalue weighted by Gasteiger charge is -2.62. The molecule has 33 heavy (non-hydrogen) atoms. The minimum Gasteiger partial charge on any atom is -0.457 e.